The molecule has 116 valence electrons. The average Bonchev–Trinajstić information content (AvgIpc) is 3.05. The lowest BCUT2D eigenvalue weighted by atomic mass is 9.97. The molecule has 1 aromatic rings. The fourth-order valence-electron chi connectivity index (χ4n) is 2.33. The maximum absolute atomic E-state index is 12.1. The Hall–Kier alpha value is -1.67. The van der Waals surface area contributed by atoms with Crippen molar-refractivity contribution in [2.75, 3.05) is 7.11 Å². The van der Waals surface area contributed by atoms with Crippen LogP contribution in [0, 0.1) is 11.8 Å². The number of hydrogen-bond acceptors (Lipinski definition) is 4. The van der Waals surface area contributed by atoms with E-state index in [1.807, 2.05) is 30.5 Å². The summed E-state index contributed by atoms with van der Waals surface area (Å²) < 4.78 is 11.2. The molecule has 1 aliphatic rings. The molecule has 0 aromatic carbocycles. The summed E-state index contributed by atoms with van der Waals surface area (Å²) in [5.74, 6) is 6.02. The summed E-state index contributed by atoms with van der Waals surface area (Å²) in [6.45, 7) is 1.82. The molecule has 2 rings (SSSR count). The normalized spacial score (nSPS) is 25.3. The molecule has 0 radical (unpaired) electrons. The highest BCUT2D eigenvalue weighted by atomic mass is 32.1. The number of carbonyl (C=O) groups excluding carboxylic acids is 1. The van der Waals surface area contributed by atoms with Crippen LogP contribution < -0.4 is 0 Å². The van der Waals surface area contributed by atoms with E-state index in [0.717, 1.165) is 17.7 Å². The van der Waals surface area contributed by atoms with E-state index in [2.05, 4.69) is 11.8 Å². The molecule has 0 N–H and O–H groups in total. The molecule has 2 heterocycles. The summed E-state index contributed by atoms with van der Waals surface area (Å²) >= 11 is 1.61. The zero-order valence-electron chi connectivity index (χ0n) is 12.8. The van der Waals surface area contributed by atoms with Crippen molar-refractivity contribution in [1.82, 2.24) is 0 Å². The number of allylic oxidation sites excluding steroid dienone is 2. The number of hydrogen-bond donors (Lipinski definition) is 0. The van der Waals surface area contributed by atoms with E-state index in [4.69, 9.17) is 9.47 Å². The molecule has 1 aliphatic heterocycles. The molecule has 1 aromatic heterocycles. The third kappa shape index (κ3) is 4.67. The third-order valence-electron chi connectivity index (χ3n) is 3.42. The molecule has 0 saturated carbocycles. The SMILES string of the molecule is CC=CC(=O)[C@@H]1O[C@H](C=CC#Cc2cccs2)CC[C@H]1OC. The van der Waals surface area contributed by atoms with Gasteiger partial charge in [0.2, 0.25) is 0 Å². The van der Waals surface area contributed by atoms with Crippen molar-refractivity contribution in [3.8, 4) is 11.8 Å². The molecule has 1 fully saturated rings. The number of carbonyl (C=O) groups is 1. The minimum absolute atomic E-state index is 0.0443. The van der Waals surface area contributed by atoms with E-state index >= 15 is 0 Å². The number of thiophene rings is 1. The summed E-state index contributed by atoms with van der Waals surface area (Å²) in [5.41, 5.74) is 0. The minimum Gasteiger partial charge on any atom is -0.378 e. The van der Waals surface area contributed by atoms with Crippen LogP contribution in [-0.2, 0) is 14.3 Å². The van der Waals surface area contributed by atoms with Crippen LogP contribution in [0.15, 0.2) is 41.8 Å². The van der Waals surface area contributed by atoms with Crippen molar-refractivity contribution in [3.63, 3.8) is 0 Å². The Morgan fingerprint density at radius 1 is 1.50 bits per heavy atom. The molecular weight excluding hydrogens is 296 g/mol. The van der Waals surface area contributed by atoms with Crippen molar-refractivity contribution in [1.29, 1.82) is 0 Å². The van der Waals surface area contributed by atoms with Gasteiger partial charge in [-0.1, -0.05) is 24.0 Å². The van der Waals surface area contributed by atoms with E-state index in [0.29, 0.717) is 0 Å². The fourth-order valence-corrected chi connectivity index (χ4v) is 2.91. The molecule has 22 heavy (non-hydrogen) atoms. The predicted octanol–water partition coefficient (Wildman–Crippen LogP) is 3.36. The first-order valence-corrected chi connectivity index (χ1v) is 8.19. The highest BCUT2D eigenvalue weighted by Crippen LogP contribution is 2.23. The molecule has 3 atom stereocenters. The lowest BCUT2D eigenvalue weighted by molar-refractivity contribution is -0.149. The monoisotopic (exact) mass is 316 g/mol. The van der Waals surface area contributed by atoms with Crippen LogP contribution in [0.1, 0.15) is 24.6 Å². The van der Waals surface area contributed by atoms with Gasteiger partial charge in [0.15, 0.2) is 5.78 Å². The Labute approximate surface area is 135 Å². The zero-order valence-corrected chi connectivity index (χ0v) is 13.6. The van der Waals surface area contributed by atoms with Crippen molar-refractivity contribution < 1.29 is 14.3 Å². The van der Waals surface area contributed by atoms with Gasteiger partial charge in [0.1, 0.15) is 6.10 Å². The van der Waals surface area contributed by atoms with Gasteiger partial charge in [-0.25, -0.2) is 0 Å². The average molecular weight is 316 g/mol. The summed E-state index contributed by atoms with van der Waals surface area (Å²) in [7, 11) is 1.62. The first-order chi connectivity index (χ1) is 10.7. The van der Waals surface area contributed by atoms with E-state index < -0.39 is 6.10 Å². The molecule has 0 bridgehead atoms. The Balaban J connectivity index is 1.96. The molecule has 0 amide bonds. The maximum atomic E-state index is 12.1. The minimum atomic E-state index is -0.533. The topological polar surface area (TPSA) is 35.5 Å². The molecule has 0 aliphatic carbocycles. The maximum Gasteiger partial charge on any atom is 0.186 e. The number of ether oxygens (including phenoxy) is 2. The van der Waals surface area contributed by atoms with Crippen molar-refractivity contribution >= 4 is 17.1 Å². The molecule has 0 unspecified atom stereocenters. The second-order valence-electron chi connectivity index (χ2n) is 4.95. The lowest BCUT2D eigenvalue weighted by Crippen LogP contribution is -2.43. The van der Waals surface area contributed by atoms with Gasteiger partial charge in [0.05, 0.1) is 17.1 Å². The van der Waals surface area contributed by atoms with Crippen LogP contribution in [0.4, 0.5) is 0 Å². The predicted molar refractivity (Wildman–Crippen MR) is 88.9 cm³/mol. The number of methoxy groups -OCH3 is 1. The van der Waals surface area contributed by atoms with Gasteiger partial charge in [-0.05, 0) is 49.4 Å². The van der Waals surface area contributed by atoms with Gasteiger partial charge in [-0.2, -0.15) is 0 Å². The van der Waals surface area contributed by atoms with Gasteiger partial charge in [0.25, 0.3) is 0 Å². The van der Waals surface area contributed by atoms with Crippen molar-refractivity contribution in [3.05, 3.63) is 46.7 Å². The largest absolute Gasteiger partial charge is 0.378 e. The molecule has 3 nitrogen and oxygen atoms in total. The first-order valence-electron chi connectivity index (χ1n) is 7.31. The van der Waals surface area contributed by atoms with Crippen LogP contribution in [0.25, 0.3) is 0 Å². The van der Waals surface area contributed by atoms with E-state index in [9.17, 15) is 4.79 Å². The van der Waals surface area contributed by atoms with Gasteiger partial charge < -0.3 is 9.47 Å². The second kappa shape index (κ2) is 8.70. The zero-order chi connectivity index (χ0) is 15.8. The highest BCUT2D eigenvalue weighted by Gasteiger charge is 2.34. The van der Waals surface area contributed by atoms with Crippen LogP contribution in [0.2, 0.25) is 0 Å². The van der Waals surface area contributed by atoms with E-state index in [1.165, 1.54) is 0 Å². The van der Waals surface area contributed by atoms with Gasteiger partial charge in [-0.3, -0.25) is 4.79 Å². The third-order valence-corrected chi connectivity index (χ3v) is 4.20. The molecule has 1 saturated heterocycles. The fraction of sp³-hybridized carbons (Fsp3) is 0.389. The standard InChI is InChI=1S/C18H20O3S/c1-3-7-16(19)18-17(20-2)12-11-14(21-18)8-4-5-9-15-10-6-13-22-15/h3-4,6-8,10,13-14,17-18H,11-12H2,1-2H3/t14-,17-,18+/m1/s1. The van der Waals surface area contributed by atoms with E-state index in [1.54, 1.807) is 36.7 Å². The van der Waals surface area contributed by atoms with Crippen LogP contribution in [-0.4, -0.2) is 31.2 Å². The van der Waals surface area contributed by atoms with Crippen LogP contribution >= 0.6 is 11.3 Å². The summed E-state index contributed by atoms with van der Waals surface area (Å²) in [6.07, 6.45) is 7.82. The van der Waals surface area contributed by atoms with Crippen molar-refractivity contribution in [2.24, 2.45) is 0 Å². The Kier molecular flexibility index (Phi) is 6.60. The Bertz CT molecular complexity index is 590. The second-order valence-corrected chi connectivity index (χ2v) is 5.90. The Morgan fingerprint density at radius 3 is 3.05 bits per heavy atom. The quantitative estimate of drug-likeness (QED) is 0.631. The van der Waals surface area contributed by atoms with Crippen LogP contribution in [0.3, 0.4) is 0 Å². The van der Waals surface area contributed by atoms with Gasteiger partial charge in [0, 0.05) is 7.11 Å². The molecule has 0 spiro atoms. The smallest absolute Gasteiger partial charge is 0.186 e. The van der Waals surface area contributed by atoms with Gasteiger partial charge in [-0.15, -0.1) is 11.3 Å². The number of ketones is 1. The summed E-state index contributed by atoms with van der Waals surface area (Å²) in [5, 5.41) is 2.00. The molecular formula is C18H20O3S. The Morgan fingerprint density at radius 2 is 2.36 bits per heavy atom. The van der Waals surface area contributed by atoms with Gasteiger partial charge >= 0.3 is 0 Å². The van der Waals surface area contributed by atoms with Crippen LogP contribution in [0.5, 0.6) is 0 Å². The first kappa shape index (κ1) is 16.7. The highest BCUT2D eigenvalue weighted by molar-refractivity contribution is 7.10. The summed E-state index contributed by atoms with van der Waals surface area (Å²) in [6, 6.07) is 3.96. The molecule has 4 heteroatoms. The van der Waals surface area contributed by atoms with E-state index in [-0.39, 0.29) is 18.0 Å². The van der Waals surface area contributed by atoms with Crippen molar-refractivity contribution in [2.45, 2.75) is 38.1 Å². The summed E-state index contributed by atoms with van der Waals surface area (Å²) in [4.78, 5) is 13.1. The lowest BCUT2D eigenvalue weighted by Gasteiger charge is -2.33. The number of rotatable bonds is 4.